The van der Waals surface area contributed by atoms with Crippen molar-refractivity contribution in [2.75, 3.05) is 0 Å². The summed E-state index contributed by atoms with van der Waals surface area (Å²) in [7, 11) is 0. The fraction of sp³-hybridized carbons (Fsp3) is 0.231. The number of aromatic nitrogens is 1. The molecule has 3 N–H and O–H groups in total. The molecule has 18 heavy (non-hydrogen) atoms. The summed E-state index contributed by atoms with van der Waals surface area (Å²) in [6.07, 6.45) is 1.73. The maximum Gasteiger partial charge on any atom is 0.277 e. The molecule has 94 valence electrons. The molecule has 2 aromatic rings. The summed E-state index contributed by atoms with van der Waals surface area (Å²) in [6.45, 7) is 2.06. The summed E-state index contributed by atoms with van der Waals surface area (Å²) in [4.78, 5) is 16.8. The van der Waals surface area contributed by atoms with Crippen LogP contribution in [0.5, 0.6) is 0 Å². The van der Waals surface area contributed by atoms with Gasteiger partial charge in [0.25, 0.3) is 5.91 Å². The van der Waals surface area contributed by atoms with Crippen LogP contribution in [-0.2, 0) is 6.42 Å². The smallest absolute Gasteiger partial charge is 0.277 e. The van der Waals surface area contributed by atoms with E-state index in [1.165, 1.54) is 11.3 Å². The maximum absolute atomic E-state index is 11.7. The highest BCUT2D eigenvalue weighted by Crippen LogP contribution is 2.28. The number of nitrogens with one attached hydrogen (secondary N) is 1. The summed E-state index contributed by atoms with van der Waals surface area (Å²) in [5, 5.41) is 0.859. The summed E-state index contributed by atoms with van der Waals surface area (Å²) < 4.78 is 0. The number of benzene rings is 1. The number of aryl methyl sites for hydroxylation is 1. The second-order valence-electron chi connectivity index (χ2n) is 3.88. The van der Waals surface area contributed by atoms with Crippen molar-refractivity contribution in [3.63, 3.8) is 0 Å². The van der Waals surface area contributed by atoms with E-state index in [9.17, 15) is 4.79 Å². The number of nitrogens with two attached hydrogens (primary N) is 1. The molecule has 2 rings (SSSR count). The number of carbonyl (C=O) groups excluding carboxylic acids is 1. The number of thiazole rings is 1. The van der Waals surface area contributed by atoms with Gasteiger partial charge >= 0.3 is 0 Å². The molecular weight excluding hydrogens is 246 g/mol. The molecule has 1 amide bonds. The van der Waals surface area contributed by atoms with Gasteiger partial charge in [0.15, 0.2) is 0 Å². The zero-order chi connectivity index (χ0) is 13.0. The fourth-order valence-corrected chi connectivity index (χ4v) is 2.73. The van der Waals surface area contributed by atoms with Gasteiger partial charge in [-0.2, -0.15) is 0 Å². The van der Waals surface area contributed by atoms with E-state index in [1.807, 2.05) is 30.3 Å². The minimum absolute atomic E-state index is 0.266. The number of hydrogen-bond donors (Lipinski definition) is 2. The zero-order valence-electron chi connectivity index (χ0n) is 10.1. The minimum Gasteiger partial charge on any atom is -0.289 e. The van der Waals surface area contributed by atoms with Gasteiger partial charge in [-0.1, -0.05) is 43.7 Å². The number of carbonyl (C=O) groups is 1. The molecule has 0 bridgehead atoms. The van der Waals surface area contributed by atoms with E-state index >= 15 is 0 Å². The Morgan fingerprint density at radius 3 is 2.72 bits per heavy atom. The van der Waals surface area contributed by atoms with Crippen molar-refractivity contribution in [2.45, 2.75) is 19.8 Å². The first-order valence-electron chi connectivity index (χ1n) is 5.82. The van der Waals surface area contributed by atoms with Crippen LogP contribution < -0.4 is 11.3 Å². The molecule has 1 aromatic heterocycles. The van der Waals surface area contributed by atoms with E-state index in [1.54, 1.807) is 0 Å². The number of amides is 1. The van der Waals surface area contributed by atoms with Gasteiger partial charge in [0, 0.05) is 5.56 Å². The highest BCUT2D eigenvalue weighted by Gasteiger charge is 2.17. The van der Waals surface area contributed by atoms with Gasteiger partial charge in [-0.05, 0) is 6.42 Å². The lowest BCUT2D eigenvalue weighted by atomic mass is 10.2. The standard InChI is InChI=1S/C13H15N3OS/c1-2-6-10-11(12(17)16-14)18-13(15-10)9-7-4-3-5-8-9/h3-5,7-8H,2,6,14H2,1H3,(H,16,17). The number of hydrogen-bond acceptors (Lipinski definition) is 4. The van der Waals surface area contributed by atoms with E-state index < -0.39 is 0 Å². The molecule has 0 saturated carbocycles. The van der Waals surface area contributed by atoms with Crippen molar-refractivity contribution < 1.29 is 4.79 Å². The predicted molar refractivity (Wildman–Crippen MR) is 73.2 cm³/mol. The van der Waals surface area contributed by atoms with Crippen LogP contribution in [0.2, 0.25) is 0 Å². The summed E-state index contributed by atoms with van der Waals surface area (Å²) in [5.41, 5.74) is 4.02. The van der Waals surface area contributed by atoms with Crippen LogP contribution in [0.4, 0.5) is 0 Å². The predicted octanol–water partition coefficient (Wildman–Crippen LogP) is 2.37. The monoisotopic (exact) mass is 261 g/mol. The van der Waals surface area contributed by atoms with E-state index in [0.717, 1.165) is 29.1 Å². The molecule has 0 aliphatic rings. The second kappa shape index (κ2) is 5.75. The van der Waals surface area contributed by atoms with Crippen molar-refractivity contribution in [1.82, 2.24) is 10.4 Å². The summed E-state index contributed by atoms with van der Waals surface area (Å²) >= 11 is 1.38. The van der Waals surface area contributed by atoms with Crippen LogP contribution in [0, 0.1) is 0 Å². The Balaban J connectivity index is 2.42. The lowest BCUT2D eigenvalue weighted by molar-refractivity contribution is 0.0956. The Kier molecular flexibility index (Phi) is 4.07. The fourth-order valence-electron chi connectivity index (χ4n) is 1.71. The van der Waals surface area contributed by atoms with E-state index in [2.05, 4.69) is 17.3 Å². The van der Waals surface area contributed by atoms with Crippen molar-refractivity contribution in [1.29, 1.82) is 0 Å². The molecule has 0 atom stereocenters. The first-order chi connectivity index (χ1) is 8.76. The largest absolute Gasteiger partial charge is 0.289 e. The van der Waals surface area contributed by atoms with Gasteiger partial charge in [0.2, 0.25) is 0 Å². The Bertz CT molecular complexity index is 536. The van der Waals surface area contributed by atoms with Gasteiger partial charge in [-0.3, -0.25) is 10.2 Å². The van der Waals surface area contributed by atoms with Crippen molar-refractivity contribution in [2.24, 2.45) is 5.84 Å². The third-order valence-corrected chi connectivity index (χ3v) is 3.69. The quantitative estimate of drug-likeness (QED) is 0.504. The van der Waals surface area contributed by atoms with Gasteiger partial charge < -0.3 is 0 Å². The molecule has 5 heteroatoms. The number of rotatable bonds is 4. The molecule has 0 fully saturated rings. The molecule has 0 aliphatic heterocycles. The number of nitrogen functional groups attached to an aromatic ring is 1. The Morgan fingerprint density at radius 2 is 2.11 bits per heavy atom. The normalized spacial score (nSPS) is 10.3. The van der Waals surface area contributed by atoms with Crippen LogP contribution in [0.1, 0.15) is 28.7 Å². The molecule has 1 heterocycles. The number of nitrogens with zero attached hydrogens (tertiary/aromatic N) is 1. The minimum atomic E-state index is -0.266. The van der Waals surface area contributed by atoms with Crippen LogP contribution in [-0.4, -0.2) is 10.9 Å². The Hall–Kier alpha value is -1.72. The topological polar surface area (TPSA) is 68.0 Å². The molecule has 0 unspecified atom stereocenters. The zero-order valence-corrected chi connectivity index (χ0v) is 11.0. The highest BCUT2D eigenvalue weighted by atomic mass is 32.1. The molecule has 0 saturated heterocycles. The molecule has 0 spiro atoms. The SMILES string of the molecule is CCCc1nc(-c2ccccc2)sc1C(=O)NN. The van der Waals surface area contributed by atoms with Crippen molar-refractivity contribution >= 4 is 17.2 Å². The van der Waals surface area contributed by atoms with Crippen LogP contribution in [0.25, 0.3) is 10.6 Å². The van der Waals surface area contributed by atoms with E-state index in [0.29, 0.717) is 4.88 Å². The highest BCUT2D eigenvalue weighted by molar-refractivity contribution is 7.17. The molecule has 1 aromatic carbocycles. The third kappa shape index (κ3) is 2.57. The molecule has 0 radical (unpaired) electrons. The molecule has 4 nitrogen and oxygen atoms in total. The van der Waals surface area contributed by atoms with Gasteiger partial charge in [-0.25, -0.2) is 10.8 Å². The van der Waals surface area contributed by atoms with Crippen molar-refractivity contribution in [3.8, 4) is 10.6 Å². The summed E-state index contributed by atoms with van der Waals surface area (Å²) in [5.74, 6) is 4.93. The van der Waals surface area contributed by atoms with E-state index in [-0.39, 0.29) is 5.91 Å². The summed E-state index contributed by atoms with van der Waals surface area (Å²) in [6, 6.07) is 9.84. The lowest BCUT2D eigenvalue weighted by Gasteiger charge is -1.97. The van der Waals surface area contributed by atoms with Gasteiger partial charge in [0.05, 0.1) is 5.69 Å². The van der Waals surface area contributed by atoms with Crippen LogP contribution in [0.3, 0.4) is 0 Å². The lowest BCUT2D eigenvalue weighted by Crippen LogP contribution is -2.30. The second-order valence-corrected chi connectivity index (χ2v) is 4.88. The Labute approximate surface area is 110 Å². The van der Waals surface area contributed by atoms with E-state index in [4.69, 9.17) is 5.84 Å². The van der Waals surface area contributed by atoms with Gasteiger partial charge in [-0.15, -0.1) is 11.3 Å². The third-order valence-electron chi connectivity index (χ3n) is 2.54. The molecule has 0 aliphatic carbocycles. The van der Waals surface area contributed by atoms with Crippen LogP contribution >= 0.6 is 11.3 Å². The first-order valence-corrected chi connectivity index (χ1v) is 6.64. The number of hydrazine groups is 1. The van der Waals surface area contributed by atoms with Gasteiger partial charge in [0.1, 0.15) is 9.88 Å². The average molecular weight is 261 g/mol. The van der Waals surface area contributed by atoms with Crippen LogP contribution in [0.15, 0.2) is 30.3 Å². The average Bonchev–Trinajstić information content (AvgIpc) is 2.83. The van der Waals surface area contributed by atoms with Crippen molar-refractivity contribution in [3.05, 3.63) is 40.9 Å². The first kappa shape index (κ1) is 12.7. The Morgan fingerprint density at radius 1 is 1.39 bits per heavy atom. The molecular formula is C13H15N3OS. The maximum atomic E-state index is 11.7.